The minimum Gasteiger partial charge on any atom is -0.439 e. The van der Waals surface area contributed by atoms with E-state index in [1.807, 2.05) is 0 Å². The lowest BCUT2D eigenvalue weighted by molar-refractivity contribution is -0.137. The Kier molecular flexibility index (Phi) is 5.59. The fourth-order valence-electron chi connectivity index (χ4n) is 2.95. The second kappa shape index (κ2) is 8.50. The van der Waals surface area contributed by atoms with Crippen molar-refractivity contribution in [3.05, 3.63) is 90.0 Å². The van der Waals surface area contributed by atoms with E-state index in [0.717, 1.165) is 12.1 Å². The van der Waals surface area contributed by atoms with Crippen molar-refractivity contribution in [3.63, 3.8) is 0 Å². The molecule has 10 heteroatoms. The highest BCUT2D eigenvalue weighted by Crippen LogP contribution is 2.32. The number of benzene rings is 2. The van der Waals surface area contributed by atoms with Crippen LogP contribution in [0.5, 0.6) is 11.6 Å². The number of ether oxygens (including phenoxy) is 1. The van der Waals surface area contributed by atoms with Crippen LogP contribution in [0.2, 0.25) is 0 Å². The molecule has 2 aromatic heterocycles. The lowest BCUT2D eigenvalue weighted by Crippen LogP contribution is -2.18. The number of nitrogens with one attached hydrogen (secondary N) is 1. The van der Waals surface area contributed by atoms with Crippen LogP contribution in [0.3, 0.4) is 0 Å². The minimum absolute atomic E-state index is 0.291. The summed E-state index contributed by atoms with van der Waals surface area (Å²) < 4.78 is 46.7. The first kappa shape index (κ1) is 21.0. The molecule has 4 rings (SSSR count). The summed E-state index contributed by atoms with van der Waals surface area (Å²) in [4.78, 5) is 20.9. The Bertz CT molecular complexity index is 1240. The molecule has 0 unspecified atom stereocenters. The number of carbonyl (C=O) groups is 1. The van der Waals surface area contributed by atoms with Gasteiger partial charge in [0.25, 0.3) is 5.91 Å². The van der Waals surface area contributed by atoms with Crippen LogP contribution >= 0.6 is 0 Å². The van der Waals surface area contributed by atoms with Crippen molar-refractivity contribution < 1.29 is 22.7 Å². The Morgan fingerprint density at radius 2 is 1.78 bits per heavy atom. The van der Waals surface area contributed by atoms with Crippen molar-refractivity contribution in [2.24, 2.45) is 0 Å². The van der Waals surface area contributed by atoms with Crippen molar-refractivity contribution in [1.82, 2.24) is 19.7 Å². The van der Waals surface area contributed by atoms with Crippen molar-refractivity contribution >= 4 is 11.6 Å². The van der Waals surface area contributed by atoms with Crippen LogP contribution in [0, 0.1) is 6.92 Å². The number of halogens is 3. The molecule has 0 aliphatic carbocycles. The Morgan fingerprint density at radius 1 is 1.03 bits per heavy atom. The number of rotatable bonds is 5. The van der Waals surface area contributed by atoms with Gasteiger partial charge in [0, 0.05) is 24.1 Å². The number of carbonyl (C=O) groups excluding carboxylic acids is 1. The maximum atomic E-state index is 13.1. The quantitative estimate of drug-likeness (QED) is 0.472. The lowest BCUT2D eigenvalue weighted by atomic mass is 10.1. The number of alkyl halides is 3. The van der Waals surface area contributed by atoms with E-state index in [1.165, 1.54) is 24.3 Å². The number of aromatic nitrogens is 4. The summed E-state index contributed by atoms with van der Waals surface area (Å²) in [6.45, 7) is 1.72. The van der Waals surface area contributed by atoms with Crippen molar-refractivity contribution in [1.29, 1.82) is 0 Å². The van der Waals surface area contributed by atoms with Gasteiger partial charge in [-0.1, -0.05) is 12.1 Å². The largest absolute Gasteiger partial charge is 0.439 e. The SMILES string of the molecule is Cc1nc(Oc2ccc(NC(=O)c3ccccc3C(F)(F)F)cc2)cc(-n2cccn2)n1. The maximum absolute atomic E-state index is 13.1. The van der Waals surface area contributed by atoms with Gasteiger partial charge >= 0.3 is 6.18 Å². The van der Waals surface area contributed by atoms with Crippen LogP contribution in [0.1, 0.15) is 21.7 Å². The normalized spacial score (nSPS) is 11.2. The smallest absolute Gasteiger partial charge is 0.417 e. The van der Waals surface area contributed by atoms with Crippen LogP contribution in [0.4, 0.5) is 18.9 Å². The molecule has 4 aromatic rings. The van der Waals surface area contributed by atoms with E-state index in [2.05, 4.69) is 20.4 Å². The number of hydrogen-bond donors (Lipinski definition) is 1. The lowest BCUT2D eigenvalue weighted by Gasteiger charge is -2.13. The highest BCUT2D eigenvalue weighted by atomic mass is 19.4. The average molecular weight is 439 g/mol. The molecule has 32 heavy (non-hydrogen) atoms. The molecule has 2 heterocycles. The zero-order valence-electron chi connectivity index (χ0n) is 16.7. The summed E-state index contributed by atoms with van der Waals surface area (Å²) in [5, 5.41) is 6.59. The zero-order chi connectivity index (χ0) is 22.7. The van der Waals surface area contributed by atoms with Crippen LogP contribution in [0.15, 0.2) is 73.1 Å². The van der Waals surface area contributed by atoms with Crippen LogP contribution in [-0.4, -0.2) is 25.7 Å². The second-order valence-corrected chi connectivity index (χ2v) is 6.69. The molecule has 2 aromatic carbocycles. The highest BCUT2D eigenvalue weighted by molar-refractivity contribution is 6.05. The number of nitrogens with zero attached hydrogens (tertiary/aromatic N) is 4. The van der Waals surface area contributed by atoms with E-state index in [9.17, 15) is 18.0 Å². The molecule has 0 radical (unpaired) electrons. The van der Waals surface area contributed by atoms with E-state index >= 15 is 0 Å². The summed E-state index contributed by atoms with van der Waals surface area (Å²) in [5.74, 6) is 0.869. The summed E-state index contributed by atoms with van der Waals surface area (Å²) >= 11 is 0. The van der Waals surface area contributed by atoms with Gasteiger partial charge in [0.2, 0.25) is 5.88 Å². The summed E-state index contributed by atoms with van der Waals surface area (Å²) in [6, 6.07) is 14.2. The van der Waals surface area contributed by atoms with Gasteiger partial charge in [0.15, 0.2) is 5.82 Å². The second-order valence-electron chi connectivity index (χ2n) is 6.69. The Hall–Kier alpha value is -4.21. The summed E-state index contributed by atoms with van der Waals surface area (Å²) in [7, 11) is 0. The molecule has 1 N–H and O–H groups in total. The number of anilines is 1. The van der Waals surface area contributed by atoms with Crippen LogP contribution in [0.25, 0.3) is 5.82 Å². The average Bonchev–Trinajstić information content (AvgIpc) is 3.29. The predicted molar refractivity (Wildman–Crippen MR) is 110 cm³/mol. The van der Waals surface area contributed by atoms with E-state index in [1.54, 1.807) is 48.3 Å². The standard InChI is InChI=1S/C22H16F3N5O2/c1-14-27-19(30-12-4-11-26-30)13-20(28-14)32-16-9-7-15(8-10-16)29-21(31)17-5-2-3-6-18(17)22(23,24)25/h2-13H,1H3,(H,29,31). The number of hydrogen-bond acceptors (Lipinski definition) is 5. The van der Waals surface area contributed by atoms with Gasteiger partial charge in [-0.3, -0.25) is 4.79 Å². The van der Waals surface area contributed by atoms with E-state index in [4.69, 9.17) is 4.74 Å². The molecule has 0 bridgehead atoms. The number of amides is 1. The Labute approximate surface area is 180 Å². The highest BCUT2D eigenvalue weighted by Gasteiger charge is 2.34. The molecular formula is C22H16F3N5O2. The first-order valence-corrected chi connectivity index (χ1v) is 9.41. The summed E-state index contributed by atoms with van der Waals surface area (Å²) in [6.07, 6.45) is -1.27. The Balaban J connectivity index is 1.49. The monoisotopic (exact) mass is 439 g/mol. The third kappa shape index (κ3) is 4.75. The van der Waals surface area contributed by atoms with Crippen molar-refractivity contribution in [2.75, 3.05) is 5.32 Å². The van der Waals surface area contributed by atoms with Gasteiger partial charge in [0.1, 0.15) is 11.6 Å². The topological polar surface area (TPSA) is 81.9 Å². The summed E-state index contributed by atoms with van der Waals surface area (Å²) in [5.41, 5.74) is -1.14. The molecule has 0 aliphatic heterocycles. The fraction of sp³-hybridized carbons (Fsp3) is 0.0909. The van der Waals surface area contributed by atoms with Gasteiger partial charge in [-0.25, -0.2) is 9.67 Å². The first-order valence-electron chi connectivity index (χ1n) is 9.41. The van der Waals surface area contributed by atoms with Crippen molar-refractivity contribution in [3.8, 4) is 17.4 Å². The molecule has 0 saturated carbocycles. The van der Waals surface area contributed by atoms with E-state index < -0.39 is 23.2 Å². The third-order valence-corrected chi connectivity index (χ3v) is 4.35. The molecule has 0 spiro atoms. The van der Waals surface area contributed by atoms with Gasteiger partial charge in [-0.15, -0.1) is 0 Å². The van der Waals surface area contributed by atoms with Crippen LogP contribution in [-0.2, 0) is 6.18 Å². The molecule has 7 nitrogen and oxygen atoms in total. The zero-order valence-corrected chi connectivity index (χ0v) is 16.7. The molecule has 0 atom stereocenters. The molecule has 0 fully saturated rings. The fourth-order valence-corrected chi connectivity index (χ4v) is 2.95. The van der Waals surface area contributed by atoms with Gasteiger partial charge < -0.3 is 10.1 Å². The van der Waals surface area contributed by atoms with Gasteiger partial charge in [-0.2, -0.15) is 23.3 Å². The minimum atomic E-state index is -4.63. The van der Waals surface area contributed by atoms with Crippen molar-refractivity contribution in [2.45, 2.75) is 13.1 Å². The van der Waals surface area contributed by atoms with Gasteiger partial charge in [-0.05, 0) is 49.4 Å². The number of aryl methyl sites for hydroxylation is 1. The molecular weight excluding hydrogens is 423 g/mol. The molecule has 0 aliphatic rings. The Morgan fingerprint density at radius 3 is 2.47 bits per heavy atom. The maximum Gasteiger partial charge on any atom is 0.417 e. The predicted octanol–water partition coefficient (Wildman–Crippen LogP) is 5.03. The van der Waals surface area contributed by atoms with E-state index in [0.29, 0.717) is 29.0 Å². The van der Waals surface area contributed by atoms with Gasteiger partial charge in [0.05, 0.1) is 11.1 Å². The molecule has 0 saturated heterocycles. The van der Waals surface area contributed by atoms with Crippen LogP contribution < -0.4 is 10.1 Å². The van der Waals surface area contributed by atoms with E-state index in [-0.39, 0.29) is 0 Å². The molecule has 1 amide bonds. The molecule has 162 valence electrons. The first-order chi connectivity index (χ1) is 15.3. The third-order valence-electron chi connectivity index (χ3n) is 4.35.